The van der Waals surface area contributed by atoms with Crippen molar-refractivity contribution in [1.82, 2.24) is 4.98 Å². The summed E-state index contributed by atoms with van der Waals surface area (Å²) in [6.07, 6.45) is 0. The molecule has 72 heavy (non-hydrogen) atoms. The van der Waals surface area contributed by atoms with Crippen molar-refractivity contribution in [1.29, 1.82) is 0 Å². The molecule has 0 spiro atoms. The Morgan fingerprint density at radius 1 is 0.292 bits per heavy atom. The van der Waals surface area contributed by atoms with Crippen LogP contribution in [0.4, 0.5) is 17.1 Å². The van der Waals surface area contributed by atoms with Crippen LogP contribution in [0.3, 0.4) is 0 Å². The van der Waals surface area contributed by atoms with Gasteiger partial charge in [-0.1, -0.05) is 237 Å². The standard InChI is InChI=1S/C69H46N2S/c1-6-20-47(21-7-1)48-34-36-49(37-35-48)67-70-65-46-56(40-43-66(65)72-67)71(54-38-41-59-57-30-16-18-32-61(57)68(63(59)44-54,50-22-8-2-9-23-50)51-24-10-3-11-25-51)55-39-42-60-58-31-17-19-33-62(58)69(64(60)45-55,52-26-12-4-13-27-52)53-28-14-5-15-29-53/h1-46H. The van der Waals surface area contributed by atoms with Gasteiger partial charge in [0.05, 0.1) is 21.0 Å². The van der Waals surface area contributed by atoms with E-state index in [0.717, 1.165) is 37.8 Å². The number of hydrogen-bond acceptors (Lipinski definition) is 3. The average Bonchev–Trinajstić information content (AvgIpc) is 4.12. The van der Waals surface area contributed by atoms with E-state index < -0.39 is 10.8 Å². The maximum atomic E-state index is 5.38. The van der Waals surface area contributed by atoms with Gasteiger partial charge in [0.1, 0.15) is 5.01 Å². The van der Waals surface area contributed by atoms with E-state index in [9.17, 15) is 0 Å². The van der Waals surface area contributed by atoms with Crippen molar-refractivity contribution in [2.75, 3.05) is 4.90 Å². The molecule has 0 saturated heterocycles. The van der Waals surface area contributed by atoms with Gasteiger partial charge in [-0.2, -0.15) is 0 Å². The molecule has 14 rings (SSSR count). The number of benzene rings is 11. The van der Waals surface area contributed by atoms with E-state index in [4.69, 9.17) is 4.98 Å². The van der Waals surface area contributed by atoms with Gasteiger partial charge in [-0.15, -0.1) is 11.3 Å². The molecule has 0 atom stereocenters. The second-order valence-electron chi connectivity index (χ2n) is 19.0. The van der Waals surface area contributed by atoms with Gasteiger partial charge in [-0.25, -0.2) is 4.98 Å². The molecule has 0 bridgehead atoms. The average molecular weight is 935 g/mol. The third-order valence-electron chi connectivity index (χ3n) is 15.3. The zero-order valence-electron chi connectivity index (χ0n) is 39.4. The predicted molar refractivity (Wildman–Crippen MR) is 300 cm³/mol. The molecule has 11 aromatic carbocycles. The summed E-state index contributed by atoms with van der Waals surface area (Å²) in [6, 6.07) is 103. The zero-order chi connectivity index (χ0) is 47.6. The Labute approximate surface area is 424 Å². The number of nitrogens with zero attached hydrogens (tertiary/aromatic N) is 2. The van der Waals surface area contributed by atoms with Crippen LogP contribution in [-0.4, -0.2) is 4.98 Å². The Bertz CT molecular complexity index is 3700. The van der Waals surface area contributed by atoms with Gasteiger partial charge in [0.15, 0.2) is 0 Å². The molecule has 0 fully saturated rings. The Hall–Kier alpha value is -8.89. The Morgan fingerprint density at radius 2 is 0.653 bits per heavy atom. The molecule has 0 saturated carbocycles. The maximum absolute atomic E-state index is 5.38. The molecule has 0 N–H and O–H groups in total. The van der Waals surface area contributed by atoms with E-state index in [1.807, 2.05) is 0 Å². The van der Waals surface area contributed by atoms with Crippen LogP contribution in [0.5, 0.6) is 0 Å². The highest BCUT2D eigenvalue weighted by Gasteiger charge is 2.48. The van der Waals surface area contributed by atoms with Crippen LogP contribution in [-0.2, 0) is 10.8 Å². The van der Waals surface area contributed by atoms with Crippen molar-refractivity contribution in [3.63, 3.8) is 0 Å². The molecular weight excluding hydrogens is 889 g/mol. The topological polar surface area (TPSA) is 16.1 Å². The molecule has 0 aliphatic heterocycles. The second kappa shape index (κ2) is 16.9. The van der Waals surface area contributed by atoms with Crippen LogP contribution in [0, 0.1) is 0 Å². The second-order valence-corrected chi connectivity index (χ2v) is 20.0. The van der Waals surface area contributed by atoms with Crippen molar-refractivity contribution in [2.45, 2.75) is 10.8 Å². The zero-order valence-corrected chi connectivity index (χ0v) is 40.2. The lowest BCUT2D eigenvalue weighted by Crippen LogP contribution is -2.29. The summed E-state index contributed by atoms with van der Waals surface area (Å²) in [5, 5.41) is 1.00. The fourth-order valence-electron chi connectivity index (χ4n) is 12.2. The first-order valence-electron chi connectivity index (χ1n) is 24.8. The van der Waals surface area contributed by atoms with E-state index >= 15 is 0 Å². The van der Waals surface area contributed by atoms with E-state index in [-0.39, 0.29) is 0 Å². The highest BCUT2D eigenvalue weighted by molar-refractivity contribution is 7.21. The molecule has 1 aromatic heterocycles. The Balaban J connectivity index is 1.00. The number of hydrogen-bond donors (Lipinski definition) is 0. The fourth-order valence-corrected chi connectivity index (χ4v) is 13.2. The smallest absolute Gasteiger partial charge is 0.124 e. The minimum absolute atomic E-state index is 0.560. The molecule has 0 amide bonds. The van der Waals surface area contributed by atoms with Crippen LogP contribution < -0.4 is 4.90 Å². The molecular formula is C69H46N2S. The minimum atomic E-state index is -0.560. The van der Waals surface area contributed by atoms with Crippen LogP contribution >= 0.6 is 11.3 Å². The molecule has 12 aromatic rings. The van der Waals surface area contributed by atoms with Gasteiger partial charge in [0, 0.05) is 22.6 Å². The van der Waals surface area contributed by atoms with Crippen molar-refractivity contribution in [3.8, 4) is 44.0 Å². The largest absolute Gasteiger partial charge is 0.310 e. The van der Waals surface area contributed by atoms with Crippen molar-refractivity contribution in [2.24, 2.45) is 0 Å². The first-order valence-corrected chi connectivity index (χ1v) is 25.6. The Kier molecular flexibility index (Phi) is 9.87. The molecule has 2 aliphatic carbocycles. The van der Waals surface area contributed by atoms with Crippen molar-refractivity contribution >= 4 is 38.6 Å². The lowest BCUT2D eigenvalue weighted by Gasteiger charge is -2.36. The third-order valence-corrected chi connectivity index (χ3v) is 16.4. The normalized spacial score (nSPS) is 13.5. The van der Waals surface area contributed by atoms with Crippen LogP contribution in [0.15, 0.2) is 279 Å². The lowest BCUT2D eigenvalue weighted by molar-refractivity contribution is 0.767. The van der Waals surface area contributed by atoms with Crippen molar-refractivity contribution in [3.05, 3.63) is 324 Å². The summed E-state index contributed by atoms with van der Waals surface area (Å²) >= 11 is 1.74. The van der Waals surface area contributed by atoms with Gasteiger partial charge in [0.2, 0.25) is 0 Å². The SMILES string of the molecule is c1ccc(-c2ccc(-c3nc4cc(N(c5ccc6c(c5)C(c5ccccc5)(c5ccccc5)c5ccccc5-6)c5ccc6c(c5)C(c5ccccc5)(c5ccccc5)c5ccccc5-6)ccc4s3)cc2)cc1. The predicted octanol–water partition coefficient (Wildman–Crippen LogP) is 17.8. The quantitative estimate of drug-likeness (QED) is 0.143. The van der Waals surface area contributed by atoms with E-state index in [1.54, 1.807) is 11.3 Å². The summed E-state index contributed by atoms with van der Waals surface area (Å²) in [5.41, 5.74) is 21.6. The van der Waals surface area contributed by atoms with Gasteiger partial charge in [-0.3, -0.25) is 0 Å². The highest BCUT2D eigenvalue weighted by atomic mass is 32.1. The summed E-state index contributed by atoms with van der Waals surface area (Å²) in [4.78, 5) is 7.86. The maximum Gasteiger partial charge on any atom is 0.124 e. The highest BCUT2D eigenvalue weighted by Crippen LogP contribution is 2.59. The summed E-state index contributed by atoms with van der Waals surface area (Å²) < 4.78 is 1.15. The lowest BCUT2D eigenvalue weighted by atomic mass is 9.67. The summed E-state index contributed by atoms with van der Waals surface area (Å²) in [6.45, 7) is 0. The van der Waals surface area contributed by atoms with E-state index in [1.165, 1.54) is 77.9 Å². The molecule has 0 radical (unpaired) electrons. The Morgan fingerprint density at radius 3 is 1.12 bits per heavy atom. The first kappa shape index (κ1) is 42.0. The number of rotatable bonds is 9. The summed E-state index contributed by atoms with van der Waals surface area (Å²) in [7, 11) is 0. The van der Waals surface area contributed by atoms with Crippen LogP contribution in [0.2, 0.25) is 0 Å². The molecule has 2 nitrogen and oxygen atoms in total. The molecule has 1 heterocycles. The molecule has 2 aliphatic rings. The van der Waals surface area contributed by atoms with E-state index in [0.29, 0.717) is 0 Å². The van der Waals surface area contributed by atoms with Crippen LogP contribution in [0.1, 0.15) is 44.5 Å². The summed E-state index contributed by atoms with van der Waals surface area (Å²) in [5.74, 6) is 0. The number of anilines is 3. The third kappa shape index (κ3) is 6.37. The van der Waals surface area contributed by atoms with Crippen molar-refractivity contribution < 1.29 is 0 Å². The van der Waals surface area contributed by atoms with Gasteiger partial charge >= 0.3 is 0 Å². The van der Waals surface area contributed by atoms with Crippen LogP contribution in [0.25, 0.3) is 54.2 Å². The molecule has 0 unspecified atom stereocenters. The number of thiazole rings is 1. The first-order chi connectivity index (χ1) is 35.7. The number of aromatic nitrogens is 1. The van der Waals surface area contributed by atoms with E-state index in [2.05, 4.69) is 284 Å². The monoisotopic (exact) mass is 934 g/mol. The molecule has 338 valence electrons. The van der Waals surface area contributed by atoms with Gasteiger partial charge in [0.25, 0.3) is 0 Å². The fraction of sp³-hybridized carbons (Fsp3) is 0.0290. The molecule has 3 heteroatoms. The van der Waals surface area contributed by atoms with Gasteiger partial charge < -0.3 is 4.90 Å². The number of fused-ring (bicyclic) bond motifs is 7. The van der Waals surface area contributed by atoms with Gasteiger partial charge in [-0.05, 0) is 120 Å². The minimum Gasteiger partial charge on any atom is -0.310 e.